The van der Waals surface area contributed by atoms with Crippen LogP contribution in [0.25, 0.3) is 17.2 Å². The Hall–Kier alpha value is -3.10. The molecule has 1 aliphatic rings. The molecule has 35 heavy (non-hydrogen) atoms. The Morgan fingerprint density at radius 2 is 1.86 bits per heavy atom. The SMILES string of the molecule is CC(C)c1nc2c(c(-c3ccc(F)cc3)c1C=C[C@@H](O)C[C@@H](O)CC(=O)O)CCC(=O)NC2(C)C. The molecule has 0 radical (unpaired) electrons. The van der Waals surface area contributed by atoms with Gasteiger partial charge in [-0.25, -0.2) is 4.39 Å². The van der Waals surface area contributed by atoms with Gasteiger partial charge in [0.05, 0.1) is 35.6 Å². The van der Waals surface area contributed by atoms with Crippen molar-refractivity contribution in [2.75, 3.05) is 0 Å². The van der Waals surface area contributed by atoms with Gasteiger partial charge in [-0.05, 0) is 55.0 Å². The maximum Gasteiger partial charge on any atom is 0.305 e. The smallest absolute Gasteiger partial charge is 0.305 e. The summed E-state index contributed by atoms with van der Waals surface area (Å²) < 4.78 is 13.8. The minimum atomic E-state index is -1.18. The van der Waals surface area contributed by atoms with Crippen LogP contribution in [-0.2, 0) is 21.5 Å². The normalized spacial score (nSPS) is 17.1. The maximum absolute atomic E-state index is 13.8. The molecule has 0 aliphatic carbocycles. The van der Waals surface area contributed by atoms with Crippen molar-refractivity contribution < 1.29 is 29.3 Å². The van der Waals surface area contributed by atoms with Crippen molar-refractivity contribution in [3.63, 3.8) is 0 Å². The Morgan fingerprint density at radius 3 is 2.46 bits per heavy atom. The largest absolute Gasteiger partial charge is 0.481 e. The quantitative estimate of drug-likeness (QED) is 0.451. The highest BCUT2D eigenvalue weighted by molar-refractivity contribution is 5.84. The second-order valence-corrected chi connectivity index (χ2v) is 9.86. The number of benzene rings is 1. The number of amides is 1. The highest BCUT2D eigenvalue weighted by Crippen LogP contribution is 2.40. The predicted octanol–water partition coefficient (Wildman–Crippen LogP) is 3.91. The number of aliphatic hydroxyl groups is 2. The highest BCUT2D eigenvalue weighted by Gasteiger charge is 2.34. The first kappa shape index (κ1) is 26.5. The highest BCUT2D eigenvalue weighted by atomic mass is 19.1. The summed E-state index contributed by atoms with van der Waals surface area (Å²) in [6.45, 7) is 7.80. The van der Waals surface area contributed by atoms with E-state index in [2.05, 4.69) is 5.32 Å². The molecule has 3 rings (SSSR count). The minimum Gasteiger partial charge on any atom is -0.481 e. The number of pyridine rings is 1. The monoisotopic (exact) mass is 484 g/mol. The number of rotatable bonds is 8. The Morgan fingerprint density at radius 1 is 1.20 bits per heavy atom. The second-order valence-electron chi connectivity index (χ2n) is 9.86. The van der Waals surface area contributed by atoms with E-state index in [0.29, 0.717) is 6.42 Å². The van der Waals surface area contributed by atoms with E-state index >= 15 is 0 Å². The molecule has 2 heterocycles. The van der Waals surface area contributed by atoms with Gasteiger partial charge in [-0.2, -0.15) is 0 Å². The number of nitrogens with one attached hydrogen (secondary N) is 1. The van der Waals surface area contributed by atoms with E-state index in [1.807, 2.05) is 27.7 Å². The Kier molecular flexibility index (Phi) is 8.07. The van der Waals surface area contributed by atoms with Crippen molar-refractivity contribution in [1.82, 2.24) is 10.3 Å². The van der Waals surface area contributed by atoms with Crippen LogP contribution in [0.4, 0.5) is 4.39 Å². The van der Waals surface area contributed by atoms with Crippen molar-refractivity contribution in [1.29, 1.82) is 0 Å². The van der Waals surface area contributed by atoms with E-state index in [0.717, 1.165) is 33.6 Å². The van der Waals surface area contributed by atoms with E-state index in [1.165, 1.54) is 18.2 Å². The van der Waals surface area contributed by atoms with Crippen molar-refractivity contribution in [3.05, 3.63) is 58.7 Å². The number of nitrogens with zero attached hydrogens (tertiary/aromatic N) is 1. The van der Waals surface area contributed by atoms with Crippen LogP contribution in [0.3, 0.4) is 0 Å². The van der Waals surface area contributed by atoms with E-state index in [1.54, 1.807) is 18.2 Å². The lowest BCUT2D eigenvalue weighted by molar-refractivity contribution is -0.139. The van der Waals surface area contributed by atoms with Gasteiger partial charge in [-0.15, -0.1) is 0 Å². The van der Waals surface area contributed by atoms with Crippen LogP contribution in [0, 0.1) is 5.82 Å². The van der Waals surface area contributed by atoms with Gasteiger partial charge in [0, 0.05) is 18.4 Å². The summed E-state index contributed by atoms with van der Waals surface area (Å²) in [7, 11) is 0. The Balaban J connectivity index is 2.21. The Bertz CT molecular complexity index is 1130. The molecule has 1 aliphatic heterocycles. The third-order valence-corrected chi connectivity index (χ3v) is 6.10. The summed E-state index contributed by atoms with van der Waals surface area (Å²) in [5.41, 5.74) is 3.98. The molecule has 0 fully saturated rings. The predicted molar refractivity (Wildman–Crippen MR) is 131 cm³/mol. The van der Waals surface area contributed by atoms with Gasteiger partial charge in [-0.3, -0.25) is 14.6 Å². The summed E-state index contributed by atoms with van der Waals surface area (Å²) in [4.78, 5) is 28.3. The lowest BCUT2D eigenvalue weighted by Crippen LogP contribution is -2.40. The first-order chi connectivity index (χ1) is 16.4. The van der Waals surface area contributed by atoms with Crippen LogP contribution in [0.15, 0.2) is 30.3 Å². The zero-order valence-corrected chi connectivity index (χ0v) is 20.5. The number of halogens is 1. The number of hydrogen-bond donors (Lipinski definition) is 4. The number of carbonyl (C=O) groups excluding carboxylic acids is 1. The molecule has 0 bridgehead atoms. The van der Waals surface area contributed by atoms with Gasteiger partial charge in [0.2, 0.25) is 5.91 Å². The molecule has 4 N–H and O–H groups in total. The third-order valence-electron chi connectivity index (χ3n) is 6.10. The van der Waals surface area contributed by atoms with Crippen molar-refractivity contribution in [2.45, 2.75) is 77.0 Å². The number of aromatic nitrogens is 1. The lowest BCUT2D eigenvalue weighted by atomic mass is 9.84. The molecule has 0 spiro atoms. The summed E-state index contributed by atoms with van der Waals surface area (Å²) in [6.07, 6.45) is 1.12. The fourth-order valence-electron chi connectivity index (χ4n) is 4.53. The van der Waals surface area contributed by atoms with Gasteiger partial charge in [0.15, 0.2) is 0 Å². The molecule has 2 aromatic rings. The van der Waals surface area contributed by atoms with E-state index in [-0.39, 0.29) is 30.5 Å². The first-order valence-electron chi connectivity index (χ1n) is 11.8. The molecular formula is C27H33FN2O5. The molecule has 1 amide bonds. The summed E-state index contributed by atoms with van der Waals surface area (Å²) in [6, 6.07) is 6.14. The van der Waals surface area contributed by atoms with Crippen LogP contribution < -0.4 is 5.32 Å². The second kappa shape index (κ2) is 10.7. The van der Waals surface area contributed by atoms with E-state index in [9.17, 15) is 24.2 Å². The maximum atomic E-state index is 13.8. The minimum absolute atomic E-state index is 0.0105. The standard InChI is InChI=1S/C27H33FN2O5/c1-15(2)25-20(10-9-18(31)13-19(32)14-23(34)35)24(16-5-7-17(28)8-6-16)21-11-12-22(33)30-27(3,4)26(21)29-25/h5-10,15,18-19,31-32H,11-14H2,1-4H3,(H,30,33)(H,34,35)/t18-,19-/m1/s1. The van der Waals surface area contributed by atoms with Crippen LogP contribution >= 0.6 is 0 Å². The number of fused-ring (bicyclic) bond motifs is 1. The summed E-state index contributed by atoms with van der Waals surface area (Å²) in [5.74, 6) is -1.60. The fourth-order valence-corrected chi connectivity index (χ4v) is 4.53. The number of aliphatic hydroxyl groups excluding tert-OH is 2. The Labute approximate surface area is 204 Å². The summed E-state index contributed by atoms with van der Waals surface area (Å²) in [5, 5.41) is 32.3. The average molecular weight is 485 g/mol. The molecule has 2 atom stereocenters. The van der Waals surface area contributed by atoms with E-state index in [4.69, 9.17) is 10.1 Å². The molecule has 7 nitrogen and oxygen atoms in total. The molecule has 1 aromatic carbocycles. The van der Waals surface area contributed by atoms with Gasteiger partial charge >= 0.3 is 5.97 Å². The van der Waals surface area contributed by atoms with Crippen molar-refractivity contribution in [3.8, 4) is 11.1 Å². The third kappa shape index (κ3) is 6.32. The van der Waals surface area contributed by atoms with Gasteiger partial charge in [0.25, 0.3) is 0 Å². The number of carboxylic acids is 1. The fraction of sp³-hybridized carbons (Fsp3) is 0.444. The molecule has 0 saturated heterocycles. The summed E-state index contributed by atoms with van der Waals surface area (Å²) >= 11 is 0. The van der Waals surface area contributed by atoms with E-state index < -0.39 is 30.1 Å². The van der Waals surface area contributed by atoms with Crippen molar-refractivity contribution >= 4 is 18.0 Å². The average Bonchev–Trinajstić information content (AvgIpc) is 2.86. The number of aliphatic carboxylic acids is 1. The number of hydrogen-bond acceptors (Lipinski definition) is 5. The number of carbonyl (C=O) groups is 2. The van der Waals surface area contributed by atoms with Crippen LogP contribution in [0.1, 0.15) is 75.4 Å². The zero-order valence-electron chi connectivity index (χ0n) is 20.5. The topological polar surface area (TPSA) is 120 Å². The first-order valence-corrected chi connectivity index (χ1v) is 11.8. The van der Waals surface area contributed by atoms with Gasteiger partial charge < -0.3 is 20.6 Å². The van der Waals surface area contributed by atoms with Crippen LogP contribution in [0.5, 0.6) is 0 Å². The number of carboxylic acid groups (broad SMARTS) is 1. The van der Waals surface area contributed by atoms with Gasteiger partial charge in [-0.1, -0.05) is 38.1 Å². The van der Waals surface area contributed by atoms with Crippen LogP contribution in [0.2, 0.25) is 0 Å². The zero-order chi connectivity index (χ0) is 25.9. The molecule has 1 aromatic heterocycles. The molecule has 188 valence electrons. The molecular weight excluding hydrogens is 451 g/mol. The molecule has 0 saturated carbocycles. The van der Waals surface area contributed by atoms with Crippen molar-refractivity contribution in [2.24, 2.45) is 0 Å². The van der Waals surface area contributed by atoms with Gasteiger partial charge in [0.1, 0.15) is 5.82 Å². The lowest BCUT2D eigenvalue weighted by Gasteiger charge is -2.29. The molecule has 8 heteroatoms. The van der Waals surface area contributed by atoms with Crippen LogP contribution in [-0.4, -0.2) is 44.4 Å². The molecule has 0 unspecified atom stereocenters.